The van der Waals surface area contributed by atoms with Crippen molar-refractivity contribution in [1.29, 1.82) is 0 Å². The van der Waals surface area contributed by atoms with Crippen LogP contribution in [-0.4, -0.2) is 50.8 Å². The Kier molecular flexibility index (Phi) is 3.73. The Bertz CT molecular complexity index is 875. The lowest BCUT2D eigenvalue weighted by Gasteiger charge is -2.57. The Morgan fingerprint density at radius 1 is 1.04 bits per heavy atom. The van der Waals surface area contributed by atoms with Crippen LogP contribution in [0.2, 0.25) is 0 Å². The minimum Gasteiger partial charge on any atom is -0.458 e. The fourth-order valence-corrected chi connectivity index (χ4v) is 5.56. The number of aliphatic hydroxyl groups is 4. The third kappa shape index (κ3) is 1.96. The summed E-state index contributed by atoms with van der Waals surface area (Å²) in [6.07, 6.45) is -6.99. The van der Waals surface area contributed by atoms with Crippen LogP contribution < -0.4 is 5.63 Å². The first-order valence-corrected chi connectivity index (χ1v) is 9.09. The summed E-state index contributed by atoms with van der Waals surface area (Å²) in [5, 5.41) is 43.1. The molecule has 1 aromatic heterocycles. The first kappa shape index (κ1) is 18.6. The Balaban J connectivity index is 2.09. The second-order valence-corrected chi connectivity index (χ2v) is 8.65. The van der Waals surface area contributed by atoms with Crippen LogP contribution in [-0.2, 0) is 14.9 Å². The Hall–Kier alpha value is -1.74. The first-order chi connectivity index (χ1) is 12.5. The fraction of sp³-hybridized carbons (Fsp3) is 0.684. The van der Waals surface area contributed by atoms with Crippen molar-refractivity contribution in [3.63, 3.8) is 0 Å². The molecule has 1 saturated heterocycles. The van der Waals surface area contributed by atoms with Gasteiger partial charge in [0, 0.05) is 28.9 Å². The Labute approximate surface area is 155 Å². The second-order valence-electron chi connectivity index (χ2n) is 8.65. The standard InChI is InChI=1S/C19H24O8/c1-6(2)12-9-7(5-8(20)26-12)18(3)14-13(10(9)21)27-17(25)19(14,4)16(24)11(22)15(18)23/h5-6,10-11,13-16,21-24H,1-4H3/t10-,11+,13?,14?,15-,16+,18-,19-/m1/s1. The van der Waals surface area contributed by atoms with Crippen LogP contribution in [0.3, 0.4) is 0 Å². The zero-order chi connectivity index (χ0) is 20.0. The third-order valence-electron chi connectivity index (χ3n) is 6.92. The molecule has 8 atom stereocenters. The molecule has 2 unspecified atom stereocenters. The molecule has 0 bridgehead atoms. The van der Waals surface area contributed by atoms with E-state index in [1.807, 2.05) is 0 Å². The highest BCUT2D eigenvalue weighted by atomic mass is 16.6. The number of hydrogen-bond acceptors (Lipinski definition) is 8. The topological polar surface area (TPSA) is 137 Å². The first-order valence-electron chi connectivity index (χ1n) is 9.09. The van der Waals surface area contributed by atoms with Crippen LogP contribution in [0, 0.1) is 11.3 Å². The number of carbonyl (C=O) groups is 1. The van der Waals surface area contributed by atoms with Gasteiger partial charge in [0.1, 0.15) is 29.5 Å². The number of aliphatic hydroxyl groups excluding tert-OH is 4. The van der Waals surface area contributed by atoms with Gasteiger partial charge in [0.05, 0.1) is 12.2 Å². The van der Waals surface area contributed by atoms with Crippen LogP contribution in [0.15, 0.2) is 15.3 Å². The molecule has 1 aliphatic heterocycles. The molecule has 1 aromatic rings. The lowest BCUT2D eigenvalue weighted by molar-refractivity contribution is -0.202. The van der Waals surface area contributed by atoms with E-state index >= 15 is 0 Å². The van der Waals surface area contributed by atoms with E-state index in [0.29, 0.717) is 11.1 Å². The zero-order valence-corrected chi connectivity index (χ0v) is 15.5. The van der Waals surface area contributed by atoms with Gasteiger partial charge >= 0.3 is 11.6 Å². The zero-order valence-electron chi connectivity index (χ0n) is 15.5. The molecule has 0 spiro atoms. The summed E-state index contributed by atoms with van der Waals surface area (Å²) in [6, 6.07) is 1.19. The highest BCUT2D eigenvalue weighted by Crippen LogP contribution is 2.63. The van der Waals surface area contributed by atoms with E-state index in [4.69, 9.17) is 9.15 Å². The molecule has 0 radical (unpaired) electrons. The summed E-state index contributed by atoms with van der Waals surface area (Å²) in [7, 11) is 0. The van der Waals surface area contributed by atoms with Crippen molar-refractivity contribution in [2.24, 2.45) is 11.3 Å². The summed E-state index contributed by atoms with van der Waals surface area (Å²) in [4.78, 5) is 24.9. The van der Waals surface area contributed by atoms with Crippen LogP contribution in [0.5, 0.6) is 0 Å². The van der Waals surface area contributed by atoms with Gasteiger partial charge in [0.2, 0.25) is 0 Å². The summed E-state index contributed by atoms with van der Waals surface area (Å²) < 4.78 is 10.8. The molecule has 2 fully saturated rings. The van der Waals surface area contributed by atoms with Gasteiger partial charge in [-0.05, 0) is 12.5 Å². The van der Waals surface area contributed by atoms with E-state index in [-0.39, 0.29) is 11.7 Å². The average molecular weight is 380 g/mol. The lowest BCUT2D eigenvalue weighted by atomic mass is 9.47. The van der Waals surface area contributed by atoms with Gasteiger partial charge < -0.3 is 29.6 Å². The van der Waals surface area contributed by atoms with Gasteiger partial charge in [-0.3, -0.25) is 4.79 Å². The molecule has 4 rings (SSSR count). The molecular formula is C19H24O8. The molecule has 2 aliphatic carbocycles. The van der Waals surface area contributed by atoms with Gasteiger partial charge in [-0.2, -0.15) is 0 Å². The third-order valence-corrected chi connectivity index (χ3v) is 6.92. The Morgan fingerprint density at radius 3 is 2.22 bits per heavy atom. The number of carbonyl (C=O) groups excluding carboxylic acids is 1. The molecular weight excluding hydrogens is 356 g/mol. The molecule has 8 heteroatoms. The molecule has 3 aliphatic rings. The predicted octanol–water partition coefficient (Wildman–Crippen LogP) is -0.288. The van der Waals surface area contributed by atoms with E-state index in [1.165, 1.54) is 13.0 Å². The SMILES string of the molecule is CC(C)c1oc(=O)cc2c1[C@@H](O)C1OC(=O)[C@]3(C)C1[C@]2(C)[C@H](O)[C@H](O)[C@@H]3O. The number of ether oxygens (including phenoxy) is 1. The van der Waals surface area contributed by atoms with Crippen LogP contribution >= 0.6 is 0 Å². The second kappa shape index (κ2) is 5.41. The number of fused-ring (bicyclic) bond motifs is 2. The minimum atomic E-state index is -1.62. The highest BCUT2D eigenvalue weighted by molar-refractivity contribution is 5.82. The molecule has 0 amide bonds. The van der Waals surface area contributed by atoms with Crippen LogP contribution in [0.1, 0.15) is 56.6 Å². The van der Waals surface area contributed by atoms with E-state index in [1.54, 1.807) is 20.8 Å². The maximum absolute atomic E-state index is 12.7. The van der Waals surface area contributed by atoms with Crippen molar-refractivity contribution >= 4 is 5.97 Å². The van der Waals surface area contributed by atoms with Crippen molar-refractivity contribution in [3.8, 4) is 0 Å². The maximum atomic E-state index is 12.7. The summed E-state index contributed by atoms with van der Waals surface area (Å²) >= 11 is 0. The summed E-state index contributed by atoms with van der Waals surface area (Å²) in [6.45, 7) is 6.67. The largest absolute Gasteiger partial charge is 0.458 e. The highest BCUT2D eigenvalue weighted by Gasteiger charge is 2.74. The molecule has 4 N–H and O–H groups in total. The van der Waals surface area contributed by atoms with Crippen LogP contribution in [0.4, 0.5) is 0 Å². The maximum Gasteiger partial charge on any atom is 0.336 e. The molecule has 0 aromatic carbocycles. The minimum absolute atomic E-state index is 0.248. The molecule has 27 heavy (non-hydrogen) atoms. The van der Waals surface area contributed by atoms with Crippen molar-refractivity contribution in [1.82, 2.24) is 0 Å². The van der Waals surface area contributed by atoms with E-state index in [9.17, 15) is 30.0 Å². The van der Waals surface area contributed by atoms with Crippen molar-refractivity contribution in [2.75, 3.05) is 0 Å². The van der Waals surface area contributed by atoms with Crippen molar-refractivity contribution in [2.45, 2.75) is 69.5 Å². The lowest BCUT2D eigenvalue weighted by Crippen LogP contribution is -2.70. The van der Waals surface area contributed by atoms with E-state index in [0.717, 1.165) is 0 Å². The Morgan fingerprint density at radius 2 is 1.63 bits per heavy atom. The quantitative estimate of drug-likeness (QED) is 0.488. The normalized spacial score (nSPS) is 45.4. The molecule has 1 saturated carbocycles. The van der Waals surface area contributed by atoms with Crippen molar-refractivity contribution in [3.05, 3.63) is 33.4 Å². The van der Waals surface area contributed by atoms with Crippen molar-refractivity contribution < 1.29 is 34.4 Å². The smallest absolute Gasteiger partial charge is 0.336 e. The van der Waals surface area contributed by atoms with Gasteiger partial charge in [0.15, 0.2) is 0 Å². The average Bonchev–Trinajstić information content (AvgIpc) is 2.89. The number of esters is 1. The van der Waals surface area contributed by atoms with Gasteiger partial charge in [-0.1, -0.05) is 20.8 Å². The fourth-order valence-electron chi connectivity index (χ4n) is 5.56. The number of rotatable bonds is 1. The van der Waals surface area contributed by atoms with Gasteiger partial charge in [0.25, 0.3) is 0 Å². The summed E-state index contributed by atoms with van der Waals surface area (Å²) in [5.74, 6) is -1.58. The molecule has 8 nitrogen and oxygen atoms in total. The monoisotopic (exact) mass is 380 g/mol. The van der Waals surface area contributed by atoms with Crippen LogP contribution in [0.25, 0.3) is 0 Å². The van der Waals surface area contributed by atoms with E-state index in [2.05, 4.69) is 0 Å². The summed E-state index contributed by atoms with van der Waals surface area (Å²) in [5.41, 5.74) is -2.88. The molecule has 2 heterocycles. The molecule has 148 valence electrons. The van der Waals surface area contributed by atoms with Gasteiger partial charge in [-0.15, -0.1) is 0 Å². The van der Waals surface area contributed by atoms with Gasteiger partial charge in [-0.25, -0.2) is 4.79 Å². The number of hydrogen-bond donors (Lipinski definition) is 4. The predicted molar refractivity (Wildman–Crippen MR) is 90.9 cm³/mol. The van der Waals surface area contributed by atoms with E-state index < -0.39 is 58.9 Å².